The summed E-state index contributed by atoms with van der Waals surface area (Å²) < 4.78 is 31.9. The zero-order chi connectivity index (χ0) is 17.6. The Morgan fingerprint density at radius 3 is 2.17 bits per heavy atom. The Labute approximate surface area is 141 Å². The number of nitrogens with one attached hydrogen (secondary N) is 1. The van der Waals surface area contributed by atoms with Gasteiger partial charge in [0.05, 0.1) is 18.4 Å². The molecule has 0 heterocycles. The van der Waals surface area contributed by atoms with E-state index in [1.165, 1.54) is 19.2 Å². The van der Waals surface area contributed by atoms with Gasteiger partial charge in [-0.05, 0) is 41.8 Å². The number of benzene rings is 2. The Balaban J connectivity index is 1.91. The Hall–Kier alpha value is -2.38. The minimum absolute atomic E-state index is 0.0234. The van der Waals surface area contributed by atoms with Gasteiger partial charge in [-0.25, -0.2) is 13.1 Å². The molecule has 0 bridgehead atoms. The van der Waals surface area contributed by atoms with Gasteiger partial charge >= 0.3 is 5.97 Å². The number of hydrogen-bond donors (Lipinski definition) is 2. The SMILES string of the molecule is COc1ccc(S(=O)(=O)NCCc2ccc(CC(=O)O)cc2)cc1. The van der Waals surface area contributed by atoms with E-state index in [9.17, 15) is 13.2 Å². The molecular weight excluding hydrogens is 330 g/mol. The van der Waals surface area contributed by atoms with E-state index >= 15 is 0 Å². The van der Waals surface area contributed by atoms with Gasteiger partial charge in [0.25, 0.3) is 0 Å². The van der Waals surface area contributed by atoms with Crippen LogP contribution in [-0.4, -0.2) is 33.1 Å². The summed E-state index contributed by atoms with van der Waals surface area (Å²) in [6.45, 7) is 0.257. The Kier molecular flexibility index (Phi) is 5.94. The summed E-state index contributed by atoms with van der Waals surface area (Å²) >= 11 is 0. The minimum atomic E-state index is -3.56. The van der Waals surface area contributed by atoms with Crippen LogP contribution < -0.4 is 9.46 Å². The summed E-state index contributed by atoms with van der Waals surface area (Å²) in [7, 11) is -2.05. The van der Waals surface area contributed by atoms with Crippen LogP contribution in [0.5, 0.6) is 5.75 Å². The van der Waals surface area contributed by atoms with Crippen molar-refractivity contribution in [3.05, 3.63) is 59.7 Å². The fourth-order valence-corrected chi connectivity index (χ4v) is 3.20. The van der Waals surface area contributed by atoms with Crippen LogP contribution in [0, 0.1) is 0 Å². The average Bonchev–Trinajstić information content (AvgIpc) is 2.56. The zero-order valence-electron chi connectivity index (χ0n) is 13.2. The van der Waals surface area contributed by atoms with Gasteiger partial charge in [0.1, 0.15) is 5.75 Å². The standard InChI is InChI=1S/C17H19NO5S/c1-23-15-6-8-16(9-7-15)24(21,22)18-11-10-13-2-4-14(5-3-13)12-17(19)20/h2-9,18H,10-12H2,1H3,(H,19,20). The van der Waals surface area contributed by atoms with Crippen molar-refractivity contribution in [2.45, 2.75) is 17.7 Å². The monoisotopic (exact) mass is 349 g/mol. The lowest BCUT2D eigenvalue weighted by atomic mass is 10.1. The molecule has 7 heteroatoms. The van der Waals surface area contributed by atoms with Crippen molar-refractivity contribution in [2.75, 3.05) is 13.7 Å². The number of carbonyl (C=O) groups is 1. The molecule has 0 saturated carbocycles. The number of hydrogen-bond acceptors (Lipinski definition) is 4. The van der Waals surface area contributed by atoms with Crippen molar-refractivity contribution < 1.29 is 23.1 Å². The van der Waals surface area contributed by atoms with Gasteiger partial charge in [-0.3, -0.25) is 4.79 Å². The number of methoxy groups -OCH3 is 1. The third-order valence-corrected chi connectivity index (χ3v) is 4.93. The molecule has 2 rings (SSSR count). The first-order valence-electron chi connectivity index (χ1n) is 7.34. The highest BCUT2D eigenvalue weighted by Gasteiger charge is 2.13. The summed E-state index contributed by atoms with van der Waals surface area (Å²) in [5.41, 5.74) is 1.65. The van der Waals surface area contributed by atoms with Crippen molar-refractivity contribution in [1.29, 1.82) is 0 Å². The molecule has 0 aliphatic heterocycles. The highest BCUT2D eigenvalue weighted by molar-refractivity contribution is 7.89. The predicted octanol–water partition coefficient (Wildman–Crippen LogP) is 1.84. The molecule has 0 saturated heterocycles. The van der Waals surface area contributed by atoms with E-state index in [4.69, 9.17) is 9.84 Å². The second-order valence-corrected chi connectivity index (χ2v) is 6.98. The summed E-state index contributed by atoms with van der Waals surface area (Å²) in [6.07, 6.45) is 0.493. The van der Waals surface area contributed by atoms with Crippen LogP contribution in [0.1, 0.15) is 11.1 Å². The maximum Gasteiger partial charge on any atom is 0.307 e. The highest BCUT2D eigenvalue weighted by atomic mass is 32.2. The van der Waals surface area contributed by atoms with E-state index in [0.717, 1.165) is 5.56 Å². The molecule has 0 unspecified atom stereocenters. The topological polar surface area (TPSA) is 92.7 Å². The number of ether oxygens (including phenoxy) is 1. The Bertz CT molecular complexity index is 783. The van der Waals surface area contributed by atoms with Crippen molar-refractivity contribution in [2.24, 2.45) is 0 Å². The van der Waals surface area contributed by atoms with Crippen molar-refractivity contribution in [3.8, 4) is 5.75 Å². The molecular formula is C17H19NO5S. The van der Waals surface area contributed by atoms with Crippen LogP contribution in [0.25, 0.3) is 0 Å². The Morgan fingerprint density at radius 1 is 1.04 bits per heavy atom. The van der Waals surface area contributed by atoms with E-state index in [0.29, 0.717) is 17.7 Å². The molecule has 2 aromatic rings. The first-order chi connectivity index (χ1) is 11.4. The normalized spacial score (nSPS) is 11.2. The van der Waals surface area contributed by atoms with Gasteiger partial charge < -0.3 is 9.84 Å². The van der Waals surface area contributed by atoms with Gasteiger partial charge in [0.15, 0.2) is 0 Å². The smallest absolute Gasteiger partial charge is 0.307 e. The first-order valence-corrected chi connectivity index (χ1v) is 8.82. The molecule has 2 aromatic carbocycles. The van der Waals surface area contributed by atoms with Crippen LogP contribution in [0.15, 0.2) is 53.4 Å². The van der Waals surface area contributed by atoms with Crippen molar-refractivity contribution in [1.82, 2.24) is 4.72 Å². The quantitative estimate of drug-likeness (QED) is 0.759. The molecule has 0 spiro atoms. The maximum absolute atomic E-state index is 12.2. The van der Waals surface area contributed by atoms with E-state index < -0.39 is 16.0 Å². The lowest BCUT2D eigenvalue weighted by Gasteiger charge is -2.08. The third-order valence-electron chi connectivity index (χ3n) is 3.45. The maximum atomic E-state index is 12.2. The molecule has 0 fully saturated rings. The molecule has 128 valence electrons. The van der Waals surface area contributed by atoms with E-state index in [-0.39, 0.29) is 17.9 Å². The van der Waals surface area contributed by atoms with Gasteiger partial charge in [0, 0.05) is 6.54 Å². The van der Waals surface area contributed by atoms with Crippen molar-refractivity contribution >= 4 is 16.0 Å². The van der Waals surface area contributed by atoms with Crippen LogP contribution in [0.4, 0.5) is 0 Å². The van der Waals surface area contributed by atoms with Crippen LogP contribution in [0.3, 0.4) is 0 Å². The number of sulfonamides is 1. The number of carboxylic acids is 1. The molecule has 6 nitrogen and oxygen atoms in total. The number of aliphatic carboxylic acids is 1. The van der Waals surface area contributed by atoms with Gasteiger partial charge in [0.2, 0.25) is 10.0 Å². The largest absolute Gasteiger partial charge is 0.497 e. The summed E-state index contributed by atoms with van der Waals surface area (Å²) in [4.78, 5) is 10.8. The predicted molar refractivity (Wildman–Crippen MR) is 89.7 cm³/mol. The molecule has 0 radical (unpaired) electrons. The van der Waals surface area contributed by atoms with Crippen molar-refractivity contribution in [3.63, 3.8) is 0 Å². The fraction of sp³-hybridized carbons (Fsp3) is 0.235. The molecule has 0 aliphatic rings. The van der Waals surface area contributed by atoms with Crippen LogP contribution in [0.2, 0.25) is 0 Å². The average molecular weight is 349 g/mol. The van der Waals surface area contributed by atoms with E-state index in [1.807, 2.05) is 0 Å². The molecule has 0 aromatic heterocycles. The molecule has 2 N–H and O–H groups in total. The number of carboxylic acid groups (broad SMARTS) is 1. The Morgan fingerprint density at radius 2 is 1.62 bits per heavy atom. The molecule has 24 heavy (non-hydrogen) atoms. The molecule has 0 atom stereocenters. The first kappa shape index (κ1) is 18.0. The lowest BCUT2D eigenvalue weighted by molar-refractivity contribution is -0.136. The molecule has 0 amide bonds. The van der Waals surface area contributed by atoms with E-state index in [1.54, 1.807) is 36.4 Å². The van der Waals surface area contributed by atoms with Gasteiger partial charge in [-0.15, -0.1) is 0 Å². The van der Waals surface area contributed by atoms with Crippen LogP contribution >= 0.6 is 0 Å². The van der Waals surface area contributed by atoms with E-state index in [2.05, 4.69) is 4.72 Å². The zero-order valence-corrected chi connectivity index (χ0v) is 14.0. The summed E-state index contributed by atoms with van der Waals surface area (Å²) in [5, 5.41) is 8.72. The fourth-order valence-electron chi connectivity index (χ4n) is 2.17. The molecule has 0 aliphatic carbocycles. The van der Waals surface area contributed by atoms with Gasteiger partial charge in [-0.2, -0.15) is 0 Å². The second kappa shape index (κ2) is 7.94. The highest BCUT2D eigenvalue weighted by Crippen LogP contribution is 2.15. The van der Waals surface area contributed by atoms with Crippen LogP contribution in [-0.2, 0) is 27.7 Å². The minimum Gasteiger partial charge on any atom is -0.497 e. The third kappa shape index (κ3) is 5.07. The number of rotatable bonds is 8. The summed E-state index contributed by atoms with van der Waals surface area (Å²) in [5.74, 6) is -0.287. The lowest BCUT2D eigenvalue weighted by Crippen LogP contribution is -2.25. The summed E-state index contributed by atoms with van der Waals surface area (Å²) in [6, 6.07) is 13.2. The second-order valence-electron chi connectivity index (χ2n) is 5.21. The van der Waals surface area contributed by atoms with Gasteiger partial charge in [-0.1, -0.05) is 24.3 Å².